The van der Waals surface area contributed by atoms with Crippen LogP contribution in [0.4, 0.5) is 0 Å². The number of hydrogen-bond donors (Lipinski definition) is 0. The molecule has 6 nitrogen and oxygen atoms in total. The molecule has 1 amide bonds. The van der Waals surface area contributed by atoms with Crippen molar-refractivity contribution in [2.75, 3.05) is 18.1 Å². The summed E-state index contributed by atoms with van der Waals surface area (Å²) in [7, 11) is -1.35. The van der Waals surface area contributed by atoms with Crippen molar-refractivity contribution in [1.29, 1.82) is 0 Å². The predicted octanol–water partition coefficient (Wildman–Crippen LogP) is 1.52. The van der Waals surface area contributed by atoms with Crippen molar-refractivity contribution < 1.29 is 13.2 Å². The van der Waals surface area contributed by atoms with Crippen molar-refractivity contribution in [1.82, 2.24) is 14.7 Å². The summed E-state index contributed by atoms with van der Waals surface area (Å²) in [5.41, 5.74) is 1.97. The Kier molecular flexibility index (Phi) is 3.91. The molecule has 132 valence electrons. The first-order valence-corrected chi connectivity index (χ1v) is 10.3. The second-order valence-electron chi connectivity index (χ2n) is 6.97. The summed E-state index contributed by atoms with van der Waals surface area (Å²) in [6.45, 7) is 0.263. The molecule has 4 rings (SSSR count). The Morgan fingerprint density at radius 3 is 2.64 bits per heavy atom. The van der Waals surface area contributed by atoms with Gasteiger partial charge < -0.3 is 4.90 Å². The monoisotopic (exact) mass is 359 g/mol. The zero-order valence-corrected chi connectivity index (χ0v) is 14.9. The van der Waals surface area contributed by atoms with Gasteiger partial charge in [-0.05, 0) is 17.9 Å². The Bertz CT molecular complexity index is 891. The number of carbonyl (C=O) groups is 1. The maximum absolute atomic E-state index is 13.0. The van der Waals surface area contributed by atoms with Gasteiger partial charge in [0.25, 0.3) is 0 Å². The summed E-state index contributed by atoms with van der Waals surface area (Å²) in [5, 5.41) is 4.14. The van der Waals surface area contributed by atoms with E-state index in [0.29, 0.717) is 0 Å². The van der Waals surface area contributed by atoms with E-state index in [2.05, 4.69) is 17.2 Å². The fraction of sp³-hybridized carbons (Fsp3) is 0.444. The third kappa shape index (κ3) is 3.20. The zero-order chi connectivity index (χ0) is 17.6. The molecule has 0 unspecified atom stereocenters. The van der Waals surface area contributed by atoms with E-state index in [1.54, 1.807) is 29.0 Å². The zero-order valence-electron chi connectivity index (χ0n) is 14.1. The van der Waals surface area contributed by atoms with E-state index in [9.17, 15) is 13.2 Å². The molecule has 7 heteroatoms. The van der Waals surface area contributed by atoms with Gasteiger partial charge in [0.1, 0.15) is 0 Å². The molecule has 1 saturated heterocycles. The summed E-state index contributed by atoms with van der Waals surface area (Å²) in [5.74, 6) is 0.299. The molecular weight excluding hydrogens is 338 g/mol. The lowest BCUT2D eigenvalue weighted by atomic mass is 10.1. The summed E-state index contributed by atoms with van der Waals surface area (Å²) in [6.07, 6.45) is 4.30. The van der Waals surface area contributed by atoms with Gasteiger partial charge in [0.05, 0.1) is 23.7 Å². The third-order valence-corrected chi connectivity index (χ3v) is 6.79. The fourth-order valence-electron chi connectivity index (χ4n) is 3.71. The first-order chi connectivity index (χ1) is 11.9. The predicted molar refractivity (Wildman–Crippen MR) is 93.6 cm³/mol. The number of hydrogen-bond acceptors (Lipinski definition) is 4. The van der Waals surface area contributed by atoms with Gasteiger partial charge in [-0.1, -0.05) is 30.3 Å². The number of amides is 1. The lowest BCUT2D eigenvalue weighted by Gasteiger charge is -2.35. The van der Waals surface area contributed by atoms with E-state index >= 15 is 0 Å². The Labute approximate surface area is 147 Å². The van der Waals surface area contributed by atoms with Crippen LogP contribution in [0.15, 0.2) is 42.7 Å². The van der Waals surface area contributed by atoms with Crippen molar-refractivity contribution in [3.05, 3.63) is 53.9 Å². The number of nitrogens with zero attached hydrogens (tertiary/aromatic N) is 3. The van der Waals surface area contributed by atoms with E-state index in [0.717, 1.165) is 12.0 Å². The van der Waals surface area contributed by atoms with Crippen molar-refractivity contribution in [2.45, 2.75) is 18.4 Å². The normalized spacial score (nSPS) is 27.9. The Hall–Kier alpha value is -2.15. The molecule has 0 N–H and O–H groups in total. The molecular formula is C18H21N3O3S. The number of sulfone groups is 1. The van der Waals surface area contributed by atoms with Crippen molar-refractivity contribution >= 4 is 15.7 Å². The molecule has 2 heterocycles. The van der Waals surface area contributed by atoms with Gasteiger partial charge in [0.15, 0.2) is 9.84 Å². The fourth-order valence-corrected chi connectivity index (χ4v) is 5.20. The number of benzene rings is 1. The number of carbonyl (C=O) groups excluding carboxylic acids is 1. The number of aromatic nitrogens is 2. The van der Waals surface area contributed by atoms with Gasteiger partial charge in [-0.15, -0.1) is 0 Å². The maximum Gasteiger partial charge on any atom is 0.226 e. The molecule has 1 aromatic carbocycles. The topological polar surface area (TPSA) is 72.3 Å². The molecule has 3 atom stereocenters. The summed E-state index contributed by atoms with van der Waals surface area (Å²) in [4.78, 5) is 14.8. The van der Waals surface area contributed by atoms with Crippen LogP contribution >= 0.6 is 0 Å². The first-order valence-electron chi connectivity index (χ1n) is 8.49. The molecule has 0 bridgehead atoms. The van der Waals surface area contributed by atoms with Crippen LogP contribution in [0.5, 0.6) is 0 Å². The molecule has 0 radical (unpaired) electrons. The highest BCUT2D eigenvalue weighted by Crippen LogP contribution is 2.49. The van der Waals surface area contributed by atoms with Crippen LogP contribution in [0.25, 0.3) is 0 Å². The standard InChI is InChI=1S/C18H21N3O3S/c1-20-11-14(10-19-20)17-12-25(23,24)8-7-21(17)18(22)16-9-15(16)13-5-3-2-4-6-13/h2-6,10-11,15-17H,7-9,12H2,1H3/t15-,16+,17+/m1/s1. The van der Waals surface area contributed by atoms with Gasteiger partial charge in [-0.3, -0.25) is 9.48 Å². The average molecular weight is 359 g/mol. The van der Waals surface area contributed by atoms with Crippen LogP contribution in [-0.2, 0) is 21.7 Å². The average Bonchev–Trinajstić information content (AvgIpc) is 3.28. The molecule has 2 aromatic rings. The lowest BCUT2D eigenvalue weighted by Crippen LogP contribution is -2.46. The summed E-state index contributed by atoms with van der Waals surface area (Å²) in [6, 6.07) is 9.62. The van der Waals surface area contributed by atoms with Gasteiger partial charge in [-0.2, -0.15) is 5.10 Å². The summed E-state index contributed by atoms with van der Waals surface area (Å²) < 4.78 is 25.9. The van der Waals surface area contributed by atoms with Gasteiger partial charge in [-0.25, -0.2) is 8.42 Å². The highest BCUT2D eigenvalue weighted by Gasteiger charge is 2.48. The van der Waals surface area contributed by atoms with Crippen LogP contribution in [0.3, 0.4) is 0 Å². The van der Waals surface area contributed by atoms with Crippen LogP contribution < -0.4 is 0 Å². The second kappa shape index (κ2) is 5.98. The molecule has 1 aromatic heterocycles. The Morgan fingerprint density at radius 1 is 1.20 bits per heavy atom. The van der Waals surface area contributed by atoms with Crippen LogP contribution in [0.2, 0.25) is 0 Å². The molecule has 2 fully saturated rings. The van der Waals surface area contributed by atoms with E-state index in [1.807, 2.05) is 18.2 Å². The van der Waals surface area contributed by atoms with Crippen molar-refractivity contribution in [3.63, 3.8) is 0 Å². The molecule has 1 saturated carbocycles. The maximum atomic E-state index is 13.0. The Balaban J connectivity index is 1.56. The smallest absolute Gasteiger partial charge is 0.226 e. The summed E-state index contributed by atoms with van der Waals surface area (Å²) >= 11 is 0. The minimum atomic E-state index is -3.14. The molecule has 1 aliphatic carbocycles. The van der Waals surface area contributed by atoms with E-state index in [1.165, 1.54) is 5.56 Å². The van der Waals surface area contributed by atoms with E-state index in [4.69, 9.17) is 0 Å². The molecule has 25 heavy (non-hydrogen) atoms. The quantitative estimate of drug-likeness (QED) is 0.833. The van der Waals surface area contributed by atoms with Crippen LogP contribution in [-0.4, -0.2) is 47.1 Å². The first kappa shape index (κ1) is 16.3. The lowest BCUT2D eigenvalue weighted by molar-refractivity contribution is -0.134. The molecule has 0 spiro atoms. The second-order valence-corrected chi connectivity index (χ2v) is 9.20. The highest BCUT2D eigenvalue weighted by atomic mass is 32.2. The minimum absolute atomic E-state index is 0.0207. The van der Waals surface area contributed by atoms with Gasteiger partial charge in [0.2, 0.25) is 5.91 Å². The van der Waals surface area contributed by atoms with E-state index in [-0.39, 0.29) is 35.8 Å². The largest absolute Gasteiger partial charge is 0.333 e. The van der Waals surface area contributed by atoms with Crippen LogP contribution in [0, 0.1) is 5.92 Å². The minimum Gasteiger partial charge on any atom is -0.333 e. The Morgan fingerprint density at radius 2 is 1.96 bits per heavy atom. The van der Waals surface area contributed by atoms with Gasteiger partial charge in [0, 0.05) is 31.3 Å². The highest BCUT2D eigenvalue weighted by molar-refractivity contribution is 7.91. The van der Waals surface area contributed by atoms with Crippen LogP contribution in [0.1, 0.15) is 29.5 Å². The number of aryl methyl sites for hydroxylation is 1. The SMILES string of the molecule is Cn1cc([C@@H]2CS(=O)(=O)CCN2C(=O)[C@H]2C[C@@H]2c2ccccc2)cn1. The number of rotatable bonds is 3. The van der Waals surface area contributed by atoms with Gasteiger partial charge >= 0.3 is 0 Å². The van der Waals surface area contributed by atoms with E-state index < -0.39 is 15.9 Å². The van der Waals surface area contributed by atoms with Crippen molar-refractivity contribution in [3.8, 4) is 0 Å². The van der Waals surface area contributed by atoms with Crippen molar-refractivity contribution in [2.24, 2.45) is 13.0 Å². The third-order valence-electron chi connectivity index (χ3n) is 5.16. The molecule has 2 aliphatic rings. The molecule has 1 aliphatic heterocycles.